The molecule has 0 aliphatic rings. The molecule has 1 aromatic rings. The van der Waals surface area contributed by atoms with Gasteiger partial charge in [0.1, 0.15) is 5.54 Å². The fourth-order valence-electron chi connectivity index (χ4n) is 2.00. The molecule has 0 bridgehead atoms. The number of nitriles is 1. The summed E-state index contributed by atoms with van der Waals surface area (Å²) in [6.45, 7) is 1.98. The van der Waals surface area contributed by atoms with Crippen LogP contribution in [-0.4, -0.2) is 21.3 Å². The summed E-state index contributed by atoms with van der Waals surface area (Å²) in [7, 11) is 4.60. The van der Waals surface area contributed by atoms with Gasteiger partial charge in [0.15, 0.2) is 11.5 Å². The van der Waals surface area contributed by atoms with Crippen LogP contribution in [-0.2, 0) is 5.54 Å². The van der Waals surface area contributed by atoms with Crippen LogP contribution in [0.1, 0.15) is 25.3 Å². The Morgan fingerprint density at radius 3 is 2.00 bits per heavy atom. The molecule has 104 valence electrons. The fraction of sp³-hybridized carbons (Fsp3) is 0.500. The molecular formula is C14H20N2O3. The van der Waals surface area contributed by atoms with Gasteiger partial charge in [0.2, 0.25) is 5.75 Å². The Hall–Kier alpha value is -1.93. The highest BCUT2D eigenvalue weighted by atomic mass is 16.5. The van der Waals surface area contributed by atoms with Gasteiger partial charge in [-0.05, 0) is 24.1 Å². The van der Waals surface area contributed by atoms with Crippen LogP contribution in [0.4, 0.5) is 0 Å². The van der Waals surface area contributed by atoms with E-state index in [0.29, 0.717) is 29.2 Å². The van der Waals surface area contributed by atoms with Crippen molar-refractivity contribution in [2.75, 3.05) is 21.3 Å². The molecule has 0 radical (unpaired) electrons. The first-order valence-electron chi connectivity index (χ1n) is 6.06. The van der Waals surface area contributed by atoms with Crippen molar-refractivity contribution in [2.45, 2.75) is 25.3 Å². The maximum absolute atomic E-state index is 9.34. The molecule has 19 heavy (non-hydrogen) atoms. The highest BCUT2D eigenvalue weighted by Gasteiger charge is 2.29. The van der Waals surface area contributed by atoms with Crippen LogP contribution in [0.25, 0.3) is 0 Å². The molecule has 1 aromatic carbocycles. The van der Waals surface area contributed by atoms with Crippen molar-refractivity contribution in [1.29, 1.82) is 5.26 Å². The van der Waals surface area contributed by atoms with Gasteiger partial charge in [-0.1, -0.05) is 13.3 Å². The van der Waals surface area contributed by atoms with Gasteiger partial charge in [-0.2, -0.15) is 5.26 Å². The van der Waals surface area contributed by atoms with E-state index in [0.717, 1.165) is 6.42 Å². The normalized spacial score (nSPS) is 13.3. The Kier molecular flexibility index (Phi) is 5.02. The summed E-state index contributed by atoms with van der Waals surface area (Å²) in [5.41, 5.74) is 5.76. The molecule has 5 nitrogen and oxygen atoms in total. The molecule has 0 saturated carbocycles. The Morgan fingerprint density at radius 1 is 1.16 bits per heavy atom. The average Bonchev–Trinajstić information content (AvgIpc) is 2.45. The van der Waals surface area contributed by atoms with Crippen LogP contribution in [0.5, 0.6) is 17.2 Å². The van der Waals surface area contributed by atoms with Crippen LogP contribution >= 0.6 is 0 Å². The molecule has 1 unspecified atom stereocenters. The minimum Gasteiger partial charge on any atom is -0.493 e. The van der Waals surface area contributed by atoms with Gasteiger partial charge in [0.05, 0.1) is 27.4 Å². The number of rotatable bonds is 6. The van der Waals surface area contributed by atoms with Gasteiger partial charge in [0, 0.05) is 0 Å². The minimum atomic E-state index is -1.05. The maximum Gasteiger partial charge on any atom is 0.203 e. The molecule has 1 rings (SSSR count). The van der Waals surface area contributed by atoms with Crippen LogP contribution in [0.15, 0.2) is 12.1 Å². The molecule has 0 aliphatic heterocycles. The van der Waals surface area contributed by atoms with Crippen molar-refractivity contribution in [3.8, 4) is 23.3 Å². The largest absolute Gasteiger partial charge is 0.493 e. The maximum atomic E-state index is 9.34. The van der Waals surface area contributed by atoms with Crippen LogP contribution < -0.4 is 19.9 Å². The van der Waals surface area contributed by atoms with Gasteiger partial charge >= 0.3 is 0 Å². The summed E-state index contributed by atoms with van der Waals surface area (Å²) in [6, 6.07) is 5.61. The van der Waals surface area contributed by atoms with E-state index in [-0.39, 0.29) is 0 Å². The van der Waals surface area contributed by atoms with Gasteiger partial charge in [0.25, 0.3) is 0 Å². The molecule has 5 heteroatoms. The zero-order chi connectivity index (χ0) is 14.5. The van der Waals surface area contributed by atoms with E-state index in [1.165, 1.54) is 21.3 Å². The molecule has 0 aromatic heterocycles. The lowest BCUT2D eigenvalue weighted by Crippen LogP contribution is -2.34. The first-order chi connectivity index (χ1) is 9.06. The molecule has 0 saturated heterocycles. The topological polar surface area (TPSA) is 77.5 Å². The third-order valence-corrected chi connectivity index (χ3v) is 3.02. The molecule has 2 N–H and O–H groups in total. The molecule has 0 heterocycles. The monoisotopic (exact) mass is 264 g/mol. The van der Waals surface area contributed by atoms with E-state index in [1.807, 2.05) is 6.92 Å². The Balaban J connectivity index is 3.42. The quantitative estimate of drug-likeness (QED) is 0.852. The van der Waals surface area contributed by atoms with Gasteiger partial charge in [-0.25, -0.2) is 0 Å². The first kappa shape index (κ1) is 15.1. The summed E-state index contributed by atoms with van der Waals surface area (Å²) in [4.78, 5) is 0. The SMILES string of the molecule is CCCC(N)(C#N)c1cc(OC)c(OC)c(OC)c1. The van der Waals surface area contributed by atoms with Crippen molar-refractivity contribution in [2.24, 2.45) is 5.73 Å². The average molecular weight is 264 g/mol. The molecule has 1 atom stereocenters. The van der Waals surface area contributed by atoms with Gasteiger partial charge in [-0.3, -0.25) is 0 Å². The Bertz CT molecular complexity index is 457. The number of ether oxygens (including phenoxy) is 3. The van der Waals surface area contributed by atoms with E-state index >= 15 is 0 Å². The molecule has 0 spiro atoms. The first-order valence-corrected chi connectivity index (χ1v) is 6.06. The third kappa shape index (κ3) is 2.91. The number of nitrogens with two attached hydrogens (primary N) is 1. The van der Waals surface area contributed by atoms with Crippen molar-refractivity contribution >= 4 is 0 Å². The molecular weight excluding hydrogens is 244 g/mol. The molecule has 0 fully saturated rings. The summed E-state index contributed by atoms with van der Waals surface area (Å²) in [5.74, 6) is 1.49. The van der Waals surface area contributed by atoms with E-state index in [2.05, 4.69) is 6.07 Å². The smallest absolute Gasteiger partial charge is 0.203 e. The van der Waals surface area contributed by atoms with Crippen LogP contribution in [0.3, 0.4) is 0 Å². The predicted molar refractivity (Wildman–Crippen MR) is 72.5 cm³/mol. The second-order valence-electron chi connectivity index (χ2n) is 4.25. The summed E-state index contributed by atoms with van der Waals surface area (Å²) >= 11 is 0. The third-order valence-electron chi connectivity index (χ3n) is 3.02. The van der Waals surface area contributed by atoms with Gasteiger partial charge in [-0.15, -0.1) is 0 Å². The number of nitrogens with zero attached hydrogens (tertiary/aromatic N) is 1. The number of methoxy groups -OCH3 is 3. The van der Waals surface area contributed by atoms with Crippen molar-refractivity contribution in [3.05, 3.63) is 17.7 Å². The van der Waals surface area contributed by atoms with Crippen molar-refractivity contribution in [3.63, 3.8) is 0 Å². The molecule has 0 aliphatic carbocycles. The predicted octanol–water partition coefficient (Wildman–Crippen LogP) is 2.19. The van der Waals surface area contributed by atoms with E-state index < -0.39 is 5.54 Å². The lowest BCUT2D eigenvalue weighted by Gasteiger charge is -2.23. The van der Waals surface area contributed by atoms with E-state index in [9.17, 15) is 5.26 Å². The summed E-state index contributed by atoms with van der Waals surface area (Å²) < 4.78 is 15.8. The second kappa shape index (κ2) is 6.30. The fourth-order valence-corrected chi connectivity index (χ4v) is 2.00. The minimum absolute atomic E-state index is 0.491. The molecule has 0 amide bonds. The number of hydrogen-bond donors (Lipinski definition) is 1. The highest BCUT2D eigenvalue weighted by molar-refractivity contribution is 5.56. The lowest BCUT2D eigenvalue weighted by atomic mass is 9.87. The van der Waals surface area contributed by atoms with Gasteiger partial charge < -0.3 is 19.9 Å². The van der Waals surface area contributed by atoms with E-state index in [4.69, 9.17) is 19.9 Å². The Morgan fingerprint density at radius 2 is 1.68 bits per heavy atom. The second-order valence-corrected chi connectivity index (χ2v) is 4.25. The standard InChI is InChI=1S/C14H20N2O3/c1-5-6-14(16,9-15)10-7-11(17-2)13(19-4)12(8-10)18-3/h7-8H,5-6,16H2,1-4H3. The van der Waals surface area contributed by atoms with Crippen LogP contribution in [0.2, 0.25) is 0 Å². The van der Waals surface area contributed by atoms with Crippen LogP contribution in [0, 0.1) is 11.3 Å². The lowest BCUT2D eigenvalue weighted by molar-refractivity contribution is 0.322. The highest BCUT2D eigenvalue weighted by Crippen LogP contribution is 2.41. The zero-order valence-electron chi connectivity index (χ0n) is 11.8. The zero-order valence-corrected chi connectivity index (χ0v) is 11.8. The number of benzene rings is 1. The summed E-state index contributed by atoms with van der Waals surface area (Å²) in [5, 5.41) is 9.34. The number of hydrogen-bond acceptors (Lipinski definition) is 5. The van der Waals surface area contributed by atoms with E-state index in [1.54, 1.807) is 12.1 Å². The van der Waals surface area contributed by atoms with Crippen molar-refractivity contribution in [1.82, 2.24) is 0 Å². The Labute approximate surface area is 113 Å². The van der Waals surface area contributed by atoms with Crippen molar-refractivity contribution < 1.29 is 14.2 Å². The summed E-state index contributed by atoms with van der Waals surface area (Å²) in [6.07, 6.45) is 1.36.